The monoisotopic (exact) mass is 241 g/mol. The zero-order valence-corrected chi connectivity index (χ0v) is 10.7. The number of benzene rings is 1. The quantitative estimate of drug-likeness (QED) is 0.683. The molecule has 0 atom stereocenters. The average molecular weight is 241 g/mol. The van der Waals surface area contributed by atoms with Crippen LogP contribution in [0, 0.1) is 6.16 Å². The average Bonchev–Trinajstić information content (AvgIpc) is 2.29. The third-order valence-corrected chi connectivity index (χ3v) is 3.88. The molecule has 0 heterocycles. The molecule has 0 aliphatic heterocycles. The molecule has 0 amide bonds. The minimum absolute atomic E-state index is 0.391. The summed E-state index contributed by atoms with van der Waals surface area (Å²) >= 11 is 0. The fourth-order valence-corrected chi connectivity index (χ4v) is 2.77. The minimum atomic E-state index is -3.01. The smallest absolute Gasteiger partial charge is 0.309 e. The lowest BCUT2D eigenvalue weighted by molar-refractivity contribution is 0.225. The fraction of sp³-hybridized carbons (Fsp3) is 0.417. The van der Waals surface area contributed by atoms with E-state index in [-0.39, 0.29) is 0 Å². The van der Waals surface area contributed by atoms with E-state index in [0.717, 1.165) is 5.56 Å². The molecule has 0 fully saturated rings. The van der Waals surface area contributed by atoms with E-state index in [2.05, 4.69) is 0 Å². The lowest BCUT2D eigenvalue weighted by Gasteiger charge is -2.16. The van der Waals surface area contributed by atoms with Crippen LogP contribution in [-0.2, 0) is 20.0 Å². The van der Waals surface area contributed by atoms with Crippen LogP contribution < -0.4 is 0 Å². The van der Waals surface area contributed by atoms with E-state index in [9.17, 15) is 4.57 Å². The zero-order valence-electron chi connectivity index (χ0n) is 9.76. The van der Waals surface area contributed by atoms with Gasteiger partial charge in [0.2, 0.25) is 0 Å². The highest BCUT2D eigenvalue weighted by atomic mass is 31.2. The molecule has 16 heavy (non-hydrogen) atoms. The summed E-state index contributed by atoms with van der Waals surface area (Å²) in [4.78, 5) is 0. The van der Waals surface area contributed by atoms with E-state index in [1.807, 2.05) is 44.2 Å². The summed E-state index contributed by atoms with van der Waals surface area (Å²) in [5.74, 6) is 0. The van der Waals surface area contributed by atoms with Crippen LogP contribution in [0.1, 0.15) is 19.4 Å². The van der Waals surface area contributed by atoms with Crippen LogP contribution in [-0.4, -0.2) is 13.2 Å². The molecule has 1 aromatic carbocycles. The van der Waals surface area contributed by atoms with Gasteiger partial charge in [0, 0.05) is 0 Å². The first-order valence-corrected chi connectivity index (χ1v) is 7.08. The molecule has 0 bridgehead atoms. The molecule has 0 saturated heterocycles. The van der Waals surface area contributed by atoms with Gasteiger partial charge < -0.3 is 9.05 Å². The SMILES string of the molecule is CCOP(=O)([CH]Cc1ccccc1)OCC. The maximum absolute atomic E-state index is 12.1. The maximum Gasteiger partial charge on any atom is 0.334 e. The second kappa shape index (κ2) is 6.85. The van der Waals surface area contributed by atoms with Crippen molar-refractivity contribution < 1.29 is 13.6 Å². The molecule has 3 nitrogen and oxygen atoms in total. The molecule has 4 heteroatoms. The van der Waals surface area contributed by atoms with E-state index in [0.29, 0.717) is 19.6 Å². The number of rotatable bonds is 7. The molecule has 1 radical (unpaired) electrons. The van der Waals surface area contributed by atoms with Crippen LogP contribution in [0.5, 0.6) is 0 Å². The van der Waals surface area contributed by atoms with Crippen molar-refractivity contribution in [2.45, 2.75) is 20.3 Å². The molecule has 0 saturated carbocycles. The van der Waals surface area contributed by atoms with Crippen molar-refractivity contribution >= 4 is 7.60 Å². The van der Waals surface area contributed by atoms with E-state index in [4.69, 9.17) is 9.05 Å². The number of hydrogen-bond donors (Lipinski definition) is 0. The molecule has 0 unspecified atom stereocenters. The van der Waals surface area contributed by atoms with Gasteiger partial charge >= 0.3 is 7.60 Å². The predicted molar refractivity (Wildman–Crippen MR) is 65.3 cm³/mol. The fourth-order valence-electron chi connectivity index (χ4n) is 1.33. The van der Waals surface area contributed by atoms with E-state index < -0.39 is 7.60 Å². The second-order valence-electron chi connectivity index (χ2n) is 3.25. The standard InChI is InChI=1S/C12H18O3P/c1-3-14-16(13,15-4-2)11-10-12-8-6-5-7-9-12/h5-9,11H,3-4,10H2,1-2H3. The third-order valence-electron chi connectivity index (χ3n) is 2.01. The first kappa shape index (κ1) is 13.4. The first-order valence-electron chi connectivity index (χ1n) is 5.47. The van der Waals surface area contributed by atoms with Gasteiger partial charge in [-0.2, -0.15) is 0 Å². The molecule has 0 N–H and O–H groups in total. The van der Waals surface area contributed by atoms with E-state index >= 15 is 0 Å². The Balaban J connectivity index is 2.53. The van der Waals surface area contributed by atoms with Gasteiger partial charge in [-0.1, -0.05) is 30.3 Å². The summed E-state index contributed by atoms with van der Waals surface area (Å²) in [5, 5.41) is 0. The van der Waals surface area contributed by atoms with Crippen molar-refractivity contribution in [3.63, 3.8) is 0 Å². The molecule has 1 aromatic rings. The lowest BCUT2D eigenvalue weighted by atomic mass is 10.2. The highest BCUT2D eigenvalue weighted by Crippen LogP contribution is 2.51. The van der Waals surface area contributed by atoms with Gasteiger partial charge in [0.15, 0.2) is 0 Å². The first-order chi connectivity index (χ1) is 7.70. The van der Waals surface area contributed by atoms with E-state index in [1.54, 1.807) is 6.16 Å². The highest BCUT2D eigenvalue weighted by Gasteiger charge is 2.23. The summed E-state index contributed by atoms with van der Waals surface area (Å²) < 4.78 is 22.4. The molecular weight excluding hydrogens is 223 g/mol. The minimum Gasteiger partial charge on any atom is -0.309 e. The van der Waals surface area contributed by atoms with Gasteiger partial charge in [-0.05, 0) is 25.8 Å². The summed E-state index contributed by atoms with van der Waals surface area (Å²) in [6.07, 6.45) is 2.23. The van der Waals surface area contributed by atoms with Crippen LogP contribution >= 0.6 is 7.60 Å². The maximum atomic E-state index is 12.1. The van der Waals surface area contributed by atoms with Crippen LogP contribution in [0.3, 0.4) is 0 Å². The van der Waals surface area contributed by atoms with Crippen LogP contribution in [0.4, 0.5) is 0 Å². The Morgan fingerprint density at radius 1 is 1.12 bits per heavy atom. The van der Waals surface area contributed by atoms with Gasteiger partial charge in [0.25, 0.3) is 0 Å². The normalized spacial score (nSPS) is 11.6. The number of hydrogen-bond acceptors (Lipinski definition) is 3. The van der Waals surface area contributed by atoms with Crippen molar-refractivity contribution in [2.24, 2.45) is 0 Å². The predicted octanol–water partition coefficient (Wildman–Crippen LogP) is 3.66. The van der Waals surface area contributed by atoms with Crippen molar-refractivity contribution in [1.29, 1.82) is 0 Å². The Labute approximate surface area is 97.3 Å². The van der Waals surface area contributed by atoms with Gasteiger partial charge in [0.1, 0.15) is 0 Å². The van der Waals surface area contributed by atoms with Gasteiger partial charge in [-0.3, -0.25) is 4.57 Å². The Bertz CT molecular complexity index is 327. The molecule has 89 valence electrons. The van der Waals surface area contributed by atoms with Crippen LogP contribution in [0.15, 0.2) is 30.3 Å². The summed E-state index contributed by atoms with van der Waals surface area (Å²) in [7, 11) is -3.01. The van der Waals surface area contributed by atoms with Gasteiger partial charge in [-0.15, -0.1) is 0 Å². The van der Waals surface area contributed by atoms with E-state index in [1.165, 1.54) is 0 Å². The molecule has 0 aromatic heterocycles. The van der Waals surface area contributed by atoms with Gasteiger partial charge in [-0.25, -0.2) is 0 Å². The second-order valence-corrected chi connectivity index (χ2v) is 5.21. The largest absolute Gasteiger partial charge is 0.334 e. The molecule has 0 aliphatic rings. The van der Waals surface area contributed by atoms with Crippen LogP contribution in [0.2, 0.25) is 0 Å². The molecule has 0 aliphatic carbocycles. The zero-order chi connectivity index (χ0) is 11.9. The highest BCUT2D eigenvalue weighted by molar-refractivity contribution is 7.56. The Hall–Kier alpha value is -0.630. The summed E-state index contributed by atoms with van der Waals surface area (Å²) in [6.45, 7) is 4.40. The Kier molecular flexibility index (Phi) is 5.75. The molecular formula is C12H18O3P. The third kappa shape index (κ3) is 4.48. The van der Waals surface area contributed by atoms with Crippen molar-refractivity contribution in [2.75, 3.05) is 13.2 Å². The molecule has 1 rings (SSSR count). The van der Waals surface area contributed by atoms with Crippen molar-refractivity contribution in [3.8, 4) is 0 Å². The summed E-state index contributed by atoms with van der Waals surface area (Å²) in [5.41, 5.74) is 1.10. The Morgan fingerprint density at radius 3 is 2.19 bits per heavy atom. The van der Waals surface area contributed by atoms with Crippen molar-refractivity contribution in [3.05, 3.63) is 42.1 Å². The van der Waals surface area contributed by atoms with Crippen LogP contribution in [0.25, 0.3) is 0 Å². The molecule has 0 spiro atoms. The summed E-state index contributed by atoms with van der Waals surface area (Å²) in [6, 6.07) is 9.83. The van der Waals surface area contributed by atoms with Gasteiger partial charge in [0.05, 0.1) is 19.4 Å². The lowest BCUT2D eigenvalue weighted by Crippen LogP contribution is -1.98. The Morgan fingerprint density at radius 2 is 1.69 bits per heavy atom. The van der Waals surface area contributed by atoms with Crippen molar-refractivity contribution in [1.82, 2.24) is 0 Å². The topological polar surface area (TPSA) is 35.5 Å².